The smallest absolute Gasteiger partial charge is 0.354 e. The molecule has 0 heterocycles. The van der Waals surface area contributed by atoms with Gasteiger partial charge in [-0.05, 0) is 38.5 Å². The van der Waals surface area contributed by atoms with Gasteiger partial charge in [0.05, 0.1) is 6.61 Å². The maximum absolute atomic E-state index is 11.5. The van der Waals surface area contributed by atoms with Crippen LogP contribution in [0.4, 0.5) is 0 Å². The number of hydrogen-bond acceptors (Lipinski definition) is 4. The Balaban J connectivity index is 3.33. The standard InChI is InChI=1S/C20H34NO4P/c1-2-3-4-5-6-7-8-9-10-11-12-13-14-15-16-17-20(22)21-18-19-25-26(23)24/h3-4,6-7,9-10H,2,5,8,11-19H2,1H3,(H,21,22). The molecule has 0 aliphatic heterocycles. The van der Waals surface area contributed by atoms with Crippen LogP contribution in [0.2, 0.25) is 0 Å². The monoisotopic (exact) mass is 383 g/mol. The molecule has 0 aromatic rings. The molecule has 0 spiro atoms. The van der Waals surface area contributed by atoms with E-state index in [2.05, 4.69) is 53.2 Å². The molecule has 0 fully saturated rings. The van der Waals surface area contributed by atoms with Gasteiger partial charge in [-0.3, -0.25) is 9.32 Å². The minimum atomic E-state index is -2.82. The number of allylic oxidation sites excluding steroid dienone is 6. The van der Waals surface area contributed by atoms with E-state index in [9.17, 15) is 13.9 Å². The lowest BCUT2D eigenvalue weighted by Crippen LogP contribution is -2.26. The summed E-state index contributed by atoms with van der Waals surface area (Å²) in [5, 5.41) is 2.64. The number of hydrogen-bond donors (Lipinski definition) is 1. The lowest BCUT2D eigenvalue weighted by molar-refractivity contribution is -0.121. The van der Waals surface area contributed by atoms with Gasteiger partial charge in [0.25, 0.3) is 0 Å². The van der Waals surface area contributed by atoms with Gasteiger partial charge in [0.2, 0.25) is 5.91 Å². The molecule has 0 aliphatic rings. The first kappa shape index (κ1) is 24.6. The molecule has 5 nitrogen and oxygen atoms in total. The van der Waals surface area contributed by atoms with Gasteiger partial charge in [0, 0.05) is 13.0 Å². The minimum Gasteiger partial charge on any atom is -0.354 e. The molecule has 0 rings (SSSR count). The summed E-state index contributed by atoms with van der Waals surface area (Å²) < 4.78 is 24.7. The third kappa shape index (κ3) is 20.6. The van der Waals surface area contributed by atoms with E-state index < -0.39 is 7.91 Å². The van der Waals surface area contributed by atoms with Gasteiger partial charge in [0.15, 0.2) is 0 Å². The molecule has 0 bridgehead atoms. The van der Waals surface area contributed by atoms with E-state index in [-0.39, 0.29) is 19.1 Å². The molecule has 0 unspecified atom stereocenters. The molecule has 0 radical (unpaired) electrons. The highest BCUT2D eigenvalue weighted by Crippen LogP contribution is 2.08. The van der Waals surface area contributed by atoms with Gasteiger partial charge < -0.3 is 5.32 Å². The normalized spacial score (nSPS) is 11.7. The van der Waals surface area contributed by atoms with Crippen molar-refractivity contribution in [1.29, 1.82) is 0 Å². The Morgan fingerprint density at radius 2 is 1.50 bits per heavy atom. The highest BCUT2D eigenvalue weighted by Gasteiger charge is 2.00. The van der Waals surface area contributed by atoms with Crippen molar-refractivity contribution in [3.63, 3.8) is 0 Å². The fourth-order valence-corrected chi connectivity index (χ4v) is 2.54. The van der Waals surface area contributed by atoms with Crippen LogP contribution in [0.3, 0.4) is 0 Å². The van der Waals surface area contributed by atoms with Crippen molar-refractivity contribution in [2.24, 2.45) is 0 Å². The quantitative estimate of drug-likeness (QED) is 0.196. The summed E-state index contributed by atoms with van der Waals surface area (Å²) in [4.78, 5) is 11.5. The summed E-state index contributed by atoms with van der Waals surface area (Å²) in [6.45, 7) is 2.38. The van der Waals surface area contributed by atoms with Crippen LogP contribution in [0.1, 0.15) is 71.1 Å². The molecular weight excluding hydrogens is 349 g/mol. The molecule has 6 heteroatoms. The first-order chi connectivity index (χ1) is 12.7. The summed E-state index contributed by atoms with van der Waals surface area (Å²) >= 11 is 0. The molecule has 0 aliphatic carbocycles. The predicted molar refractivity (Wildman–Crippen MR) is 107 cm³/mol. The molecule has 0 aromatic carbocycles. The van der Waals surface area contributed by atoms with Crippen LogP contribution in [0, 0.1) is 0 Å². The van der Waals surface area contributed by atoms with Gasteiger partial charge in [-0.1, -0.05) is 62.6 Å². The maximum Gasteiger partial charge on any atom is 0.468 e. The maximum atomic E-state index is 11.5. The Hall–Kier alpha value is -1.45. The molecular formula is C20H34NO4P. The van der Waals surface area contributed by atoms with E-state index in [4.69, 9.17) is 0 Å². The number of nitrogens with one attached hydrogen (secondary N) is 1. The number of carbonyl (C=O) groups excluding carboxylic acids is 1. The van der Waals surface area contributed by atoms with E-state index in [1.54, 1.807) is 0 Å². The summed E-state index contributed by atoms with van der Waals surface area (Å²) in [6.07, 6.45) is 23.4. The van der Waals surface area contributed by atoms with Crippen molar-refractivity contribution in [2.45, 2.75) is 71.1 Å². The van der Waals surface area contributed by atoms with Crippen molar-refractivity contribution in [1.82, 2.24) is 5.32 Å². The fraction of sp³-hybridized carbons (Fsp3) is 0.650. The van der Waals surface area contributed by atoms with Gasteiger partial charge >= 0.3 is 7.91 Å². The summed E-state index contributed by atoms with van der Waals surface area (Å²) in [6, 6.07) is 0. The highest BCUT2D eigenvalue weighted by molar-refractivity contribution is 7.24. The Kier molecular flexibility index (Phi) is 18.8. The molecule has 0 atom stereocenters. The molecule has 0 saturated heterocycles. The Morgan fingerprint density at radius 3 is 2.19 bits per heavy atom. The van der Waals surface area contributed by atoms with Gasteiger partial charge in [0.1, 0.15) is 0 Å². The van der Waals surface area contributed by atoms with Crippen LogP contribution in [-0.4, -0.2) is 19.1 Å². The zero-order valence-electron chi connectivity index (χ0n) is 16.0. The SMILES string of the molecule is CCC=CCC=CCC=CCCCCCCCC(=O)NCCOP(=O)=O. The molecule has 1 N–H and O–H groups in total. The van der Waals surface area contributed by atoms with E-state index in [0.717, 1.165) is 44.9 Å². The lowest BCUT2D eigenvalue weighted by atomic mass is 10.1. The second kappa shape index (κ2) is 19.9. The van der Waals surface area contributed by atoms with Crippen molar-refractivity contribution in [3.05, 3.63) is 36.5 Å². The van der Waals surface area contributed by atoms with Crippen molar-refractivity contribution >= 4 is 13.8 Å². The Morgan fingerprint density at radius 1 is 0.885 bits per heavy atom. The zero-order valence-corrected chi connectivity index (χ0v) is 16.9. The molecule has 0 aromatic heterocycles. The summed E-state index contributed by atoms with van der Waals surface area (Å²) in [7, 11) is -2.82. The Labute approximate surface area is 158 Å². The second-order valence-electron chi connectivity index (χ2n) is 6.01. The average Bonchev–Trinajstić information content (AvgIpc) is 2.62. The van der Waals surface area contributed by atoms with Crippen molar-refractivity contribution in [2.75, 3.05) is 13.2 Å². The minimum absolute atomic E-state index is 0.00363. The largest absolute Gasteiger partial charge is 0.468 e. The molecule has 0 saturated carbocycles. The Bertz CT molecular complexity index is 488. The van der Waals surface area contributed by atoms with Crippen molar-refractivity contribution < 1.29 is 18.4 Å². The predicted octanol–water partition coefficient (Wildman–Crippen LogP) is 5.80. The lowest BCUT2D eigenvalue weighted by Gasteiger charge is -2.03. The molecule has 26 heavy (non-hydrogen) atoms. The zero-order chi connectivity index (χ0) is 19.3. The van der Waals surface area contributed by atoms with E-state index in [0.29, 0.717) is 6.42 Å². The topological polar surface area (TPSA) is 72.5 Å². The third-order valence-electron chi connectivity index (χ3n) is 3.68. The van der Waals surface area contributed by atoms with Gasteiger partial charge in [-0.25, -0.2) is 9.13 Å². The average molecular weight is 383 g/mol. The van der Waals surface area contributed by atoms with E-state index in [1.807, 2.05) is 0 Å². The summed E-state index contributed by atoms with van der Waals surface area (Å²) in [5.41, 5.74) is 0. The first-order valence-corrected chi connectivity index (χ1v) is 10.7. The van der Waals surface area contributed by atoms with Crippen LogP contribution in [0.25, 0.3) is 0 Å². The van der Waals surface area contributed by atoms with E-state index >= 15 is 0 Å². The van der Waals surface area contributed by atoms with Crippen LogP contribution in [0.15, 0.2) is 36.5 Å². The molecule has 148 valence electrons. The number of rotatable bonds is 17. The van der Waals surface area contributed by atoms with Crippen LogP contribution in [0.5, 0.6) is 0 Å². The van der Waals surface area contributed by atoms with Crippen molar-refractivity contribution in [3.8, 4) is 0 Å². The van der Waals surface area contributed by atoms with Gasteiger partial charge in [-0.15, -0.1) is 0 Å². The van der Waals surface area contributed by atoms with Crippen LogP contribution in [-0.2, 0) is 18.4 Å². The fourth-order valence-electron chi connectivity index (χ4n) is 2.30. The third-order valence-corrected chi connectivity index (χ3v) is 4.07. The number of carbonyl (C=O) groups is 1. The second-order valence-corrected chi connectivity index (χ2v) is 6.71. The number of unbranched alkanes of at least 4 members (excludes halogenated alkanes) is 5. The highest BCUT2D eigenvalue weighted by atomic mass is 31.1. The van der Waals surface area contributed by atoms with Crippen LogP contribution >= 0.6 is 7.91 Å². The number of amides is 1. The first-order valence-electron chi connectivity index (χ1n) is 9.65. The summed E-state index contributed by atoms with van der Waals surface area (Å²) in [5.74, 6) is -0.0455. The van der Waals surface area contributed by atoms with Crippen LogP contribution < -0.4 is 5.32 Å². The molecule has 1 amide bonds. The van der Waals surface area contributed by atoms with Gasteiger partial charge in [-0.2, -0.15) is 0 Å². The van der Waals surface area contributed by atoms with E-state index in [1.165, 1.54) is 12.8 Å².